The van der Waals surface area contributed by atoms with Crippen LogP contribution in [0.1, 0.15) is 31.1 Å². The van der Waals surface area contributed by atoms with Crippen LogP contribution in [-0.2, 0) is 22.6 Å². The maximum Gasteiger partial charge on any atom is 0.305 e. The van der Waals surface area contributed by atoms with E-state index in [4.69, 9.17) is 18.6 Å². The number of benzene rings is 1. The van der Waals surface area contributed by atoms with Crippen LogP contribution >= 0.6 is 0 Å². The van der Waals surface area contributed by atoms with Gasteiger partial charge < -0.3 is 23.7 Å². The van der Waals surface area contributed by atoms with E-state index in [1.165, 1.54) is 0 Å². The Kier molecular flexibility index (Phi) is 8.84. The summed E-state index contributed by atoms with van der Waals surface area (Å²) in [5.74, 6) is 1.80. The molecule has 28 heavy (non-hydrogen) atoms. The lowest BCUT2D eigenvalue weighted by molar-refractivity contribution is -0.147. The van der Waals surface area contributed by atoms with Crippen molar-refractivity contribution in [3.05, 3.63) is 47.9 Å². The number of carbonyl (C=O) groups excluding carboxylic acids is 1. The van der Waals surface area contributed by atoms with Gasteiger partial charge in [0.05, 0.1) is 27.0 Å². The lowest BCUT2D eigenvalue weighted by atomic mass is 10.1. The van der Waals surface area contributed by atoms with Gasteiger partial charge in [-0.05, 0) is 36.2 Å². The van der Waals surface area contributed by atoms with E-state index in [9.17, 15) is 9.90 Å². The van der Waals surface area contributed by atoms with Crippen molar-refractivity contribution in [1.29, 1.82) is 0 Å². The van der Waals surface area contributed by atoms with E-state index in [2.05, 4.69) is 0 Å². The first-order valence-corrected chi connectivity index (χ1v) is 9.35. The molecule has 0 radical (unpaired) electrons. The van der Waals surface area contributed by atoms with Gasteiger partial charge in [-0.1, -0.05) is 13.0 Å². The molecule has 2 aromatic rings. The molecule has 1 heterocycles. The predicted molar refractivity (Wildman–Crippen MR) is 104 cm³/mol. The summed E-state index contributed by atoms with van der Waals surface area (Å²) in [7, 11) is 3.19. The van der Waals surface area contributed by atoms with E-state index in [0.29, 0.717) is 37.6 Å². The van der Waals surface area contributed by atoms with Crippen molar-refractivity contribution in [2.24, 2.45) is 0 Å². The standard InChI is InChI=1S/C21H29NO6/c1-4-6-21(24)28-15-17(23)13-22(14-18-7-5-10-27-18)12-16-8-9-19(25-2)20(11-16)26-3/h5,7-11,17,23H,4,6,12-15H2,1-3H3. The molecule has 0 saturated carbocycles. The molecule has 0 bridgehead atoms. The summed E-state index contributed by atoms with van der Waals surface area (Å²) in [5.41, 5.74) is 0.999. The van der Waals surface area contributed by atoms with Gasteiger partial charge >= 0.3 is 5.97 Å². The van der Waals surface area contributed by atoms with E-state index >= 15 is 0 Å². The summed E-state index contributed by atoms with van der Waals surface area (Å²) in [6.07, 6.45) is 1.90. The van der Waals surface area contributed by atoms with Crippen molar-refractivity contribution >= 4 is 5.97 Å². The van der Waals surface area contributed by atoms with Crippen LogP contribution in [-0.4, -0.2) is 49.5 Å². The smallest absolute Gasteiger partial charge is 0.305 e. The first-order chi connectivity index (χ1) is 13.5. The van der Waals surface area contributed by atoms with E-state index in [1.54, 1.807) is 20.5 Å². The number of furan rings is 1. The van der Waals surface area contributed by atoms with Gasteiger partial charge in [0.25, 0.3) is 0 Å². The number of rotatable bonds is 12. The molecule has 0 aliphatic rings. The van der Waals surface area contributed by atoms with E-state index in [-0.39, 0.29) is 12.6 Å². The highest BCUT2D eigenvalue weighted by molar-refractivity contribution is 5.69. The Morgan fingerprint density at radius 3 is 2.61 bits per heavy atom. The third-order valence-corrected chi connectivity index (χ3v) is 4.17. The number of esters is 1. The summed E-state index contributed by atoms with van der Waals surface area (Å²) in [4.78, 5) is 13.6. The molecule has 154 valence electrons. The predicted octanol–water partition coefficient (Wildman–Crippen LogP) is 3.00. The number of hydrogen-bond acceptors (Lipinski definition) is 7. The minimum absolute atomic E-state index is 0.0284. The number of nitrogens with zero attached hydrogens (tertiary/aromatic N) is 1. The lowest BCUT2D eigenvalue weighted by Crippen LogP contribution is -2.34. The molecular formula is C21H29NO6. The van der Waals surface area contributed by atoms with Gasteiger partial charge in [0.15, 0.2) is 11.5 Å². The summed E-state index contributed by atoms with van der Waals surface area (Å²) in [6.45, 7) is 3.28. The van der Waals surface area contributed by atoms with Crippen LogP contribution < -0.4 is 9.47 Å². The first kappa shape index (κ1) is 21.8. The van der Waals surface area contributed by atoms with Crippen LogP contribution in [0.5, 0.6) is 11.5 Å². The molecule has 1 atom stereocenters. The Labute approximate surface area is 165 Å². The lowest BCUT2D eigenvalue weighted by Gasteiger charge is -2.24. The van der Waals surface area contributed by atoms with Crippen LogP contribution in [0.25, 0.3) is 0 Å². The van der Waals surface area contributed by atoms with Crippen molar-refractivity contribution in [3.8, 4) is 11.5 Å². The summed E-state index contributed by atoms with van der Waals surface area (Å²) in [6, 6.07) is 9.41. The van der Waals surface area contributed by atoms with Gasteiger partial charge in [-0.2, -0.15) is 0 Å². The summed E-state index contributed by atoms with van der Waals surface area (Å²) >= 11 is 0. The molecule has 2 rings (SSSR count). The second kappa shape index (κ2) is 11.4. The number of hydrogen-bond donors (Lipinski definition) is 1. The topological polar surface area (TPSA) is 81.4 Å². The summed E-state index contributed by atoms with van der Waals surface area (Å²) < 4.78 is 21.2. The fourth-order valence-electron chi connectivity index (χ4n) is 2.86. The normalized spacial score (nSPS) is 12.0. The second-order valence-corrected chi connectivity index (χ2v) is 6.53. The van der Waals surface area contributed by atoms with Crippen molar-refractivity contribution < 1.29 is 28.5 Å². The van der Waals surface area contributed by atoms with Crippen LogP contribution in [0.2, 0.25) is 0 Å². The Bertz CT molecular complexity index is 716. The molecule has 1 unspecified atom stereocenters. The molecule has 0 aliphatic heterocycles. The molecule has 7 nitrogen and oxygen atoms in total. The average Bonchev–Trinajstić information content (AvgIpc) is 3.19. The zero-order valence-electron chi connectivity index (χ0n) is 16.7. The van der Waals surface area contributed by atoms with Crippen LogP contribution in [0, 0.1) is 0 Å². The fraction of sp³-hybridized carbons (Fsp3) is 0.476. The summed E-state index contributed by atoms with van der Waals surface area (Å²) in [5, 5.41) is 10.3. The quantitative estimate of drug-likeness (QED) is 0.557. The molecule has 1 N–H and O–H groups in total. The fourth-order valence-corrected chi connectivity index (χ4v) is 2.86. The van der Waals surface area contributed by atoms with Crippen LogP contribution in [0.15, 0.2) is 41.0 Å². The molecule has 7 heteroatoms. The Hall–Kier alpha value is -2.51. The van der Waals surface area contributed by atoms with Gasteiger partial charge in [0.2, 0.25) is 0 Å². The SMILES string of the molecule is CCCC(=O)OCC(O)CN(Cc1ccc(OC)c(OC)c1)Cc1ccco1. The number of carbonyl (C=O) groups is 1. The molecular weight excluding hydrogens is 362 g/mol. The molecule has 0 spiro atoms. The van der Waals surface area contributed by atoms with Gasteiger partial charge in [-0.25, -0.2) is 0 Å². The molecule has 0 saturated heterocycles. The van der Waals surface area contributed by atoms with Crippen molar-refractivity contribution in [1.82, 2.24) is 4.90 Å². The highest BCUT2D eigenvalue weighted by atomic mass is 16.5. The van der Waals surface area contributed by atoms with Gasteiger partial charge in [0.1, 0.15) is 18.5 Å². The van der Waals surface area contributed by atoms with Gasteiger partial charge in [0, 0.05) is 19.5 Å². The zero-order valence-corrected chi connectivity index (χ0v) is 16.7. The minimum Gasteiger partial charge on any atom is -0.493 e. The molecule has 0 amide bonds. The van der Waals surface area contributed by atoms with Gasteiger partial charge in [-0.15, -0.1) is 0 Å². The Morgan fingerprint density at radius 1 is 1.18 bits per heavy atom. The second-order valence-electron chi connectivity index (χ2n) is 6.53. The maximum atomic E-state index is 11.5. The highest BCUT2D eigenvalue weighted by Gasteiger charge is 2.17. The third kappa shape index (κ3) is 6.90. The highest BCUT2D eigenvalue weighted by Crippen LogP contribution is 2.28. The van der Waals surface area contributed by atoms with Crippen molar-refractivity contribution in [2.75, 3.05) is 27.4 Å². The molecule has 1 aromatic carbocycles. The van der Waals surface area contributed by atoms with E-state index < -0.39 is 6.10 Å². The van der Waals surface area contributed by atoms with Crippen molar-refractivity contribution in [2.45, 2.75) is 39.0 Å². The number of methoxy groups -OCH3 is 2. The minimum atomic E-state index is -0.795. The van der Waals surface area contributed by atoms with E-state index in [0.717, 1.165) is 17.7 Å². The number of aliphatic hydroxyl groups is 1. The monoisotopic (exact) mass is 391 g/mol. The molecule has 1 aromatic heterocycles. The molecule has 0 aliphatic carbocycles. The zero-order chi connectivity index (χ0) is 20.4. The molecule has 0 fully saturated rings. The number of ether oxygens (including phenoxy) is 3. The Morgan fingerprint density at radius 2 is 1.96 bits per heavy atom. The Balaban J connectivity index is 2.03. The van der Waals surface area contributed by atoms with E-state index in [1.807, 2.05) is 42.2 Å². The third-order valence-electron chi connectivity index (χ3n) is 4.17. The largest absolute Gasteiger partial charge is 0.493 e. The number of aliphatic hydroxyl groups excluding tert-OH is 1. The van der Waals surface area contributed by atoms with Crippen molar-refractivity contribution in [3.63, 3.8) is 0 Å². The van der Waals surface area contributed by atoms with Crippen LogP contribution in [0.4, 0.5) is 0 Å². The maximum absolute atomic E-state index is 11.5. The van der Waals surface area contributed by atoms with Gasteiger partial charge in [-0.3, -0.25) is 9.69 Å². The first-order valence-electron chi connectivity index (χ1n) is 9.35. The average molecular weight is 391 g/mol. The van der Waals surface area contributed by atoms with Crippen LogP contribution in [0.3, 0.4) is 0 Å².